The zero-order valence-corrected chi connectivity index (χ0v) is 14.1. The number of benzene rings is 1. The topological polar surface area (TPSA) is 61.0 Å². The highest BCUT2D eigenvalue weighted by atomic mass is 16.2. The Bertz CT molecular complexity index is 729. The number of H-pyrrole nitrogens is 1. The van der Waals surface area contributed by atoms with Gasteiger partial charge in [-0.1, -0.05) is 37.3 Å². The van der Waals surface area contributed by atoms with E-state index in [0.717, 1.165) is 56.7 Å². The van der Waals surface area contributed by atoms with Crippen molar-refractivity contribution >= 4 is 5.91 Å². The number of rotatable bonds is 2. The van der Waals surface area contributed by atoms with E-state index in [9.17, 15) is 4.79 Å². The summed E-state index contributed by atoms with van der Waals surface area (Å²) in [6, 6.07) is 10.7. The van der Waals surface area contributed by atoms with Gasteiger partial charge < -0.3 is 10.2 Å². The third-order valence-corrected chi connectivity index (χ3v) is 5.63. The Labute approximate surface area is 142 Å². The Kier molecular flexibility index (Phi) is 3.88. The molecule has 4 rings (SSSR count). The van der Waals surface area contributed by atoms with Crippen LogP contribution in [0.15, 0.2) is 30.3 Å². The van der Waals surface area contributed by atoms with Crippen molar-refractivity contribution in [2.75, 3.05) is 19.6 Å². The van der Waals surface area contributed by atoms with Crippen LogP contribution in [0.4, 0.5) is 0 Å². The van der Waals surface area contributed by atoms with E-state index in [1.54, 1.807) is 0 Å². The van der Waals surface area contributed by atoms with Crippen molar-refractivity contribution in [1.29, 1.82) is 0 Å². The second-order valence-corrected chi connectivity index (χ2v) is 7.17. The van der Waals surface area contributed by atoms with E-state index in [1.807, 2.05) is 4.90 Å². The summed E-state index contributed by atoms with van der Waals surface area (Å²) in [6.07, 6.45) is 2.91. The molecule has 0 saturated carbocycles. The normalized spacial score (nSPS) is 19.8. The van der Waals surface area contributed by atoms with Crippen LogP contribution in [0, 0.1) is 0 Å². The largest absolute Gasteiger partial charge is 0.337 e. The van der Waals surface area contributed by atoms with Gasteiger partial charge in [0.1, 0.15) is 0 Å². The second-order valence-electron chi connectivity index (χ2n) is 7.17. The number of piperidine rings is 1. The van der Waals surface area contributed by atoms with Crippen LogP contribution in [0.1, 0.15) is 47.1 Å². The SMILES string of the molecule is CC1(c2ccccc2)CCN(C(=O)c2n[nH]c3c2CNCC3)CC1. The van der Waals surface area contributed by atoms with Crippen LogP contribution in [0.2, 0.25) is 0 Å². The number of fused-ring (bicyclic) bond motifs is 1. The molecule has 0 aliphatic carbocycles. The molecule has 5 nitrogen and oxygen atoms in total. The van der Waals surface area contributed by atoms with E-state index in [1.165, 1.54) is 5.56 Å². The summed E-state index contributed by atoms with van der Waals surface area (Å²) >= 11 is 0. The second kappa shape index (κ2) is 6.06. The molecule has 126 valence electrons. The van der Waals surface area contributed by atoms with Gasteiger partial charge in [0.05, 0.1) is 0 Å². The van der Waals surface area contributed by atoms with Crippen molar-refractivity contribution in [2.45, 2.75) is 38.1 Å². The van der Waals surface area contributed by atoms with Gasteiger partial charge in [-0.15, -0.1) is 0 Å². The third kappa shape index (κ3) is 2.63. The van der Waals surface area contributed by atoms with Crippen LogP contribution >= 0.6 is 0 Å². The van der Waals surface area contributed by atoms with Crippen molar-refractivity contribution in [2.24, 2.45) is 0 Å². The number of aromatic nitrogens is 2. The quantitative estimate of drug-likeness (QED) is 0.891. The average molecular weight is 324 g/mol. The maximum atomic E-state index is 12.9. The Morgan fingerprint density at radius 2 is 1.96 bits per heavy atom. The van der Waals surface area contributed by atoms with E-state index < -0.39 is 0 Å². The highest BCUT2D eigenvalue weighted by molar-refractivity contribution is 5.94. The number of aromatic amines is 1. The van der Waals surface area contributed by atoms with Gasteiger partial charge in [-0.3, -0.25) is 9.89 Å². The van der Waals surface area contributed by atoms with Gasteiger partial charge in [0.15, 0.2) is 5.69 Å². The summed E-state index contributed by atoms with van der Waals surface area (Å²) in [5, 5.41) is 10.7. The maximum absolute atomic E-state index is 12.9. The van der Waals surface area contributed by atoms with Gasteiger partial charge in [0.2, 0.25) is 0 Å². The number of hydrogen-bond acceptors (Lipinski definition) is 3. The van der Waals surface area contributed by atoms with Crippen molar-refractivity contribution in [1.82, 2.24) is 20.4 Å². The first-order valence-electron chi connectivity index (χ1n) is 8.79. The zero-order chi connectivity index (χ0) is 16.6. The Morgan fingerprint density at radius 1 is 1.21 bits per heavy atom. The van der Waals surface area contributed by atoms with Gasteiger partial charge >= 0.3 is 0 Å². The maximum Gasteiger partial charge on any atom is 0.274 e. The number of nitrogens with one attached hydrogen (secondary N) is 2. The molecule has 24 heavy (non-hydrogen) atoms. The van der Waals surface area contributed by atoms with E-state index in [2.05, 4.69) is 52.8 Å². The van der Waals surface area contributed by atoms with Gasteiger partial charge in [-0.2, -0.15) is 5.10 Å². The molecule has 0 radical (unpaired) electrons. The third-order valence-electron chi connectivity index (χ3n) is 5.63. The molecule has 0 atom stereocenters. The van der Waals surface area contributed by atoms with Gasteiger partial charge in [0, 0.05) is 43.9 Å². The lowest BCUT2D eigenvalue weighted by atomic mass is 9.74. The highest BCUT2D eigenvalue weighted by Crippen LogP contribution is 2.35. The minimum Gasteiger partial charge on any atom is -0.337 e. The summed E-state index contributed by atoms with van der Waals surface area (Å²) in [7, 11) is 0. The first-order chi connectivity index (χ1) is 11.7. The minimum absolute atomic E-state index is 0.0753. The molecule has 0 unspecified atom stereocenters. The summed E-state index contributed by atoms with van der Waals surface area (Å²) in [5.74, 6) is 0.0753. The van der Waals surface area contributed by atoms with Crippen LogP contribution < -0.4 is 5.32 Å². The molecule has 0 spiro atoms. The number of hydrogen-bond donors (Lipinski definition) is 2. The van der Waals surface area contributed by atoms with Crippen LogP contribution in [-0.4, -0.2) is 40.6 Å². The van der Waals surface area contributed by atoms with Gasteiger partial charge in [-0.25, -0.2) is 0 Å². The monoisotopic (exact) mass is 324 g/mol. The van der Waals surface area contributed by atoms with E-state index >= 15 is 0 Å². The number of carbonyl (C=O) groups is 1. The van der Waals surface area contributed by atoms with E-state index in [0.29, 0.717) is 5.69 Å². The molecule has 2 aliphatic rings. The molecule has 1 aromatic carbocycles. The molecule has 5 heteroatoms. The number of amides is 1. The fourth-order valence-corrected chi connectivity index (χ4v) is 3.88. The van der Waals surface area contributed by atoms with Crippen LogP contribution in [-0.2, 0) is 18.4 Å². The molecule has 1 aromatic heterocycles. The molecule has 1 saturated heterocycles. The van der Waals surface area contributed by atoms with Crippen LogP contribution in [0.25, 0.3) is 0 Å². The fourth-order valence-electron chi connectivity index (χ4n) is 3.88. The van der Waals surface area contributed by atoms with Crippen molar-refractivity contribution in [3.05, 3.63) is 52.8 Å². The summed E-state index contributed by atoms with van der Waals surface area (Å²) in [6.45, 7) is 5.58. The molecule has 1 fully saturated rings. The van der Waals surface area contributed by atoms with Crippen molar-refractivity contribution in [3.8, 4) is 0 Å². The fraction of sp³-hybridized carbons (Fsp3) is 0.474. The Hall–Kier alpha value is -2.14. The number of likely N-dealkylation sites (tertiary alicyclic amines) is 1. The standard InChI is InChI=1S/C19H24N4O/c1-19(14-5-3-2-4-6-14)8-11-23(12-9-19)18(24)17-15-13-20-10-7-16(15)21-22-17/h2-6,20H,7-13H2,1H3,(H,21,22). The van der Waals surface area contributed by atoms with Crippen molar-refractivity contribution < 1.29 is 4.79 Å². The Balaban J connectivity index is 1.48. The first-order valence-corrected chi connectivity index (χ1v) is 8.79. The summed E-state index contributed by atoms with van der Waals surface area (Å²) in [4.78, 5) is 14.9. The first kappa shape index (κ1) is 15.4. The molecule has 2 aromatic rings. The van der Waals surface area contributed by atoms with Gasteiger partial charge in [0.25, 0.3) is 5.91 Å². The lowest BCUT2D eigenvalue weighted by Crippen LogP contribution is -2.44. The average Bonchev–Trinajstić information content (AvgIpc) is 3.07. The predicted molar refractivity (Wildman–Crippen MR) is 92.9 cm³/mol. The Morgan fingerprint density at radius 3 is 2.71 bits per heavy atom. The number of carbonyl (C=O) groups excluding carboxylic acids is 1. The van der Waals surface area contributed by atoms with Crippen molar-refractivity contribution in [3.63, 3.8) is 0 Å². The molecule has 1 amide bonds. The van der Waals surface area contributed by atoms with E-state index in [-0.39, 0.29) is 11.3 Å². The molecule has 0 bridgehead atoms. The molecule has 2 aliphatic heterocycles. The summed E-state index contributed by atoms with van der Waals surface area (Å²) in [5.41, 5.74) is 4.31. The smallest absolute Gasteiger partial charge is 0.274 e. The highest BCUT2D eigenvalue weighted by Gasteiger charge is 2.35. The van der Waals surface area contributed by atoms with E-state index in [4.69, 9.17) is 0 Å². The van der Waals surface area contributed by atoms with Gasteiger partial charge in [-0.05, 0) is 23.8 Å². The molecule has 3 heterocycles. The lowest BCUT2D eigenvalue weighted by molar-refractivity contribution is 0.0668. The predicted octanol–water partition coefficient (Wildman–Crippen LogP) is 2.25. The molecule has 2 N–H and O–H groups in total. The minimum atomic E-state index is 0.0753. The molecular formula is C19H24N4O. The lowest BCUT2D eigenvalue weighted by Gasteiger charge is -2.39. The summed E-state index contributed by atoms with van der Waals surface area (Å²) < 4.78 is 0. The van der Waals surface area contributed by atoms with Crippen LogP contribution in [0.3, 0.4) is 0 Å². The zero-order valence-electron chi connectivity index (χ0n) is 14.1. The number of nitrogens with zero attached hydrogens (tertiary/aromatic N) is 2. The van der Waals surface area contributed by atoms with Crippen LogP contribution in [0.5, 0.6) is 0 Å². The molecular weight excluding hydrogens is 300 g/mol.